The standard InChI is InChI=1S/C25H33N3O2/c1-20-4-3-5-22(16-20)17-26-12-14-27(15-13-26)19-25(29)28(23-8-9-23)18-21-6-10-24(30-2)11-7-21/h3-7,10-11,16,23H,8-9,12-15,17-19H2,1-2H3/p+2. The lowest BCUT2D eigenvalue weighted by Gasteiger charge is -2.31. The molecule has 2 N–H and O–H groups in total. The summed E-state index contributed by atoms with van der Waals surface area (Å²) in [7, 11) is 1.68. The Kier molecular flexibility index (Phi) is 6.70. The molecule has 0 aromatic heterocycles. The molecule has 0 atom stereocenters. The maximum Gasteiger partial charge on any atom is 0.278 e. The zero-order valence-corrected chi connectivity index (χ0v) is 18.3. The van der Waals surface area contributed by atoms with Gasteiger partial charge < -0.3 is 19.4 Å². The van der Waals surface area contributed by atoms with Crippen LogP contribution in [0.3, 0.4) is 0 Å². The molecule has 1 heterocycles. The summed E-state index contributed by atoms with van der Waals surface area (Å²) in [6.07, 6.45) is 2.29. The number of hydrogen-bond donors (Lipinski definition) is 2. The Morgan fingerprint density at radius 1 is 1.00 bits per heavy atom. The van der Waals surface area contributed by atoms with Gasteiger partial charge in [0.05, 0.1) is 7.11 Å². The normalized spacial score (nSPS) is 21.3. The highest BCUT2D eigenvalue weighted by molar-refractivity contribution is 5.77. The maximum atomic E-state index is 13.1. The first-order valence-electron chi connectivity index (χ1n) is 11.3. The van der Waals surface area contributed by atoms with E-state index in [1.54, 1.807) is 12.0 Å². The van der Waals surface area contributed by atoms with E-state index in [4.69, 9.17) is 4.74 Å². The number of benzene rings is 2. The Bertz CT molecular complexity index is 840. The Morgan fingerprint density at radius 2 is 1.70 bits per heavy atom. The summed E-state index contributed by atoms with van der Waals surface area (Å²) >= 11 is 0. The van der Waals surface area contributed by atoms with Gasteiger partial charge in [-0.15, -0.1) is 0 Å². The molecule has 2 aromatic rings. The third-order valence-corrected chi connectivity index (χ3v) is 6.42. The monoisotopic (exact) mass is 409 g/mol. The van der Waals surface area contributed by atoms with Crippen LogP contribution in [0, 0.1) is 6.92 Å². The number of hydrogen-bond acceptors (Lipinski definition) is 2. The van der Waals surface area contributed by atoms with Crippen molar-refractivity contribution in [1.82, 2.24) is 4.90 Å². The van der Waals surface area contributed by atoms with Crippen LogP contribution in [0.4, 0.5) is 0 Å². The number of nitrogens with zero attached hydrogens (tertiary/aromatic N) is 1. The fourth-order valence-electron chi connectivity index (χ4n) is 4.47. The van der Waals surface area contributed by atoms with E-state index in [2.05, 4.69) is 48.2 Å². The van der Waals surface area contributed by atoms with Crippen molar-refractivity contribution in [2.24, 2.45) is 0 Å². The molecule has 30 heavy (non-hydrogen) atoms. The lowest BCUT2D eigenvalue weighted by molar-refractivity contribution is -1.02. The third kappa shape index (κ3) is 5.61. The zero-order chi connectivity index (χ0) is 20.9. The van der Waals surface area contributed by atoms with Crippen molar-refractivity contribution in [3.8, 4) is 5.75 Å². The van der Waals surface area contributed by atoms with E-state index in [1.807, 2.05) is 12.1 Å². The Labute approximate surface area is 180 Å². The quantitative estimate of drug-likeness (QED) is 0.666. The molecule has 4 rings (SSSR count). The first-order chi connectivity index (χ1) is 14.6. The van der Waals surface area contributed by atoms with Gasteiger partial charge in [-0.3, -0.25) is 4.79 Å². The molecule has 0 spiro atoms. The second-order valence-corrected chi connectivity index (χ2v) is 8.94. The fourth-order valence-corrected chi connectivity index (χ4v) is 4.47. The largest absolute Gasteiger partial charge is 0.497 e. The number of ether oxygens (including phenoxy) is 1. The van der Waals surface area contributed by atoms with Crippen LogP contribution in [0.2, 0.25) is 0 Å². The molecular weight excluding hydrogens is 374 g/mol. The van der Waals surface area contributed by atoms with Crippen molar-refractivity contribution in [2.45, 2.75) is 38.9 Å². The van der Waals surface area contributed by atoms with Gasteiger partial charge >= 0.3 is 0 Å². The number of piperazine rings is 1. The van der Waals surface area contributed by atoms with E-state index in [0.717, 1.165) is 51.3 Å². The molecule has 5 heteroatoms. The van der Waals surface area contributed by atoms with Crippen LogP contribution in [-0.2, 0) is 17.9 Å². The summed E-state index contributed by atoms with van der Waals surface area (Å²) in [5, 5.41) is 0. The van der Waals surface area contributed by atoms with E-state index >= 15 is 0 Å². The second-order valence-electron chi connectivity index (χ2n) is 8.94. The highest BCUT2D eigenvalue weighted by Crippen LogP contribution is 2.28. The number of methoxy groups -OCH3 is 1. The third-order valence-electron chi connectivity index (χ3n) is 6.42. The summed E-state index contributed by atoms with van der Waals surface area (Å²) in [6, 6.07) is 17.4. The van der Waals surface area contributed by atoms with Gasteiger partial charge in [-0.1, -0.05) is 42.0 Å². The molecule has 5 nitrogen and oxygen atoms in total. The minimum Gasteiger partial charge on any atom is -0.497 e. The average molecular weight is 410 g/mol. The predicted molar refractivity (Wildman–Crippen MR) is 118 cm³/mol. The lowest BCUT2D eigenvalue weighted by Crippen LogP contribution is -3.28. The van der Waals surface area contributed by atoms with Gasteiger partial charge in [-0.05, 0) is 37.5 Å². The zero-order valence-electron chi connectivity index (χ0n) is 18.3. The van der Waals surface area contributed by atoms with Gasteiger partial charge in [0, 0.05) is 18.2 Å². The Morgan fingerprint density at radius 3 is 2.33 bits per heavy atom. The van der Waals surface area contributed by atoms with Crippen molar-refractivity contribution in [3.63, 3.8) is 0 Å². The lowest BCUT2D eigenvalue weighted by atomic mass is 10.1. The van der Waals surface area contributed by atoms with Gasteiger partial charge in [0.15, 0.2) is 6.54 Å². The van der Waals surface area contributed by atoms with Crippen LogP contribution < -0.4 is 14.5 Å². The molecule has 1 aliphatic carbocycles. The molecule has 2 aromatic carbocycles. The van der Waals surface area contributed by atoms with Crippen LogP contribution in [-0.4, -0.2) is 56.7 Å². The smallest absolute Gasteiger partial charge is 0.278 e. The van der Waals surface area contributed by atoms with Crippen LogP contribution in [0.15, 0.2) is 48.5 Å². The number of carbonyl (C=O) groups is 1. The number of nitrogens with one attached hydrogen (secondary N) is 2. The van der Waals surface area contributed by atoms with Crippen molar-refractivity contribution >= 4 is 5.91 Å². The summed E-state index contributed by atoms with van der Waals surface area (Å²) in [5.74, 6) is 1.17. The Balaban J connectivity index is 1.27. The molecule has 2 fully saturated rings. The van der Waals surface area contributed by atoms with E-state index in [0.29, 0.717) is 25.0 Å². The summed E-state index contributed by atoms with van der Waals surface area (Å²) in [6.45, 7) is 9.02. The first kappa shape index (κ1) is 20.9. The van der Waals surface area contributed by atoms with E-state index in [1.165, 1.54) is 21.6 Å². The van der Waals surface area contributed by atoms with Crippen LogP contribution in [0.1, 0.15) is 29.5 Å². The van der Waals surface area contributed by atoms with Crippen molar-refractivity contribution < 1.29 is 19.3 Å². The SMILES string of the molecule is COc1ccc(CN(C(=O)C[NH+]2CC[NH+](Cc3cccc(C)c3)CC2)C2CC2)cc1. The summed E-state index contributed by atoms with van der Waals surface area (Å²) in [4.78, 5) is 18.3. The molecule has 0 bridgehead atoms. The minimum absolute atomic E-state index is 0.311. The van der Waals surface area contributed by atoms with Gasteiger partial charge in [0.2, 0.25) is 0 Å². The van der Waals surface area contributed by atoms with Crippen molar-refractivity contribution in [2.75, 3.05) is 39.8 Å². The van der Waals surface area contributed by atoms with Crippen LogP contribution in [0.5, 0.6) is 5.75 Å². The molecule has 0 radical (unpaired) electrons. The van der Waals surface area contributed by atoms with E-state index < -0.39 is 0 Å². The molecule has 0 unspecified atom stereocenters. The molecule has 1 amide bonds. The highest BCUT2D eigenvalue weighted by Gasteiger charge is 2.35. The number of rotatable bonds is 8. The minimum atomic E-state index is 0.311. The molecule has 1 saturated heterocycles. The number of amides is 1. The summed E-state index contributed by atoms with van der Waals surface area (Å²) in [5.41, 5.74) is 3.93. The highest BCUT2D eigenvalue weighted by atomic mass is 16.5. The maximum absolute atomic E-state index is 13.1. The Hall–Kier alpha value is -2.37. The molecule has 1 saturated carbocycles. The van der Waals surface area contributed by atoms with Gasteiger partial charge in [-0.2, -0.15) is 0 Å². The molecular formula is C25H35N3O2+2. The fraction of sp³-hybridized carbons (Fsp3) is 0.480. The number of quaternary nitrogens is 2. The van der Waals surface area contributed by atoms with E-state index in [-0.39, 0.29) is 0 Å². The first-order valence-corrected chi connectivity index (χ1v) is 11.3. The van der Waals surface area contributed by atoms with Gasteiger partial charge in [0.1, 0.15) is 38.5 Å². The van der Waals surface area contributed by atoms with Crippen LogP contribution >= 0.6 is 0 Å². The molecule has 1 aliphatic heterocycles. The molecule has 2 aliphatic rings. The van der Waals surface area contributed by atoms with Gasteiger partial charge in [0.25, 0.3) is 5.91 Å². The van der Waals surface area contributed by atoms with Crippen molar-refractivity contribution in [3.05, 3.63) is 65.2 Å². The number of aryl methyl sites for hydroxylation is 1. The van der Waals surface area contributed by atoms with Crippen LogP contribution in [0.25, 0.3) is 0 Å². The van der Waals surface area contributed by atoms with Crippen molar-refractivity contribution in [1.29, 1.82) is 0 Å². The number of carbonyl (C=O) groups excluding carboxylic acids is 1. The molecule has 160 valence electrons. The second kappa shape index (κ2) is 9.63. The summed E-state index contributed by atoms with van der Waals surface area (Å²) < 4.78 is 5.25. The topological polar surface area (TPSA) is 38.4 Å². The average Bonchev–Trinajstić information content (AvgIpc) is 3.59. The predicted octanol–water partition coefficient (Wildman–Crippen LogP) is 0.478. The van der Waals surface area contributed by atoms with Gasteiger partial charge in [-0.25, -0.2) is 0 Å². The van der Waals surface area contributed by atoms with E-state index in [9.17, 15) is 4.79 Å².